The molecular weight excluding hydrogens is 330 g/mol. The summed E-state index contributed by atoms with van der Waals surface area (Å²) in [6.45, 7) is 1.90. The molecule has 5 nitrogen and oxygen atoms in total. The molecule has 3 aromatic rings. The van der Waals surface area contributed by atoms with Crippen molar-refractivity contribution in [3.63, 3.8) is 0 Å². The van der Waals surface area contributed by atoms with Gasteiger partial charge in [0, 0.05) is 11.8 Å². The molecule has 23 heavy (non-hydrogen) atoms. The fourth-order valence-electron chi connectivity index (χ4n) is 2.42. The molecule has 1 N–H and O–H groups in total. The van der Waals surface area contributed by atoms with Gasteiger partial charge in [-0.2, -0.15) is 0 Å². The molecule has 0 saturated heterocycles. The summed E-state index contributed by atoms with van der Waals surface area (Å²) in [4.78, 5) is 9.79. The summed E-state index contributed by atoms with van der Waals surface area (Å²) in [5, 5.41) is 0.662. The summed E-state index contributed by atoms with van der Waals surface area (Å²) in [6, 6.07) is 9.47. The van der Waals surface area contributed by atoms with Crippen molar-refractivity contribution in [1.82, 2.24) is 9.97 Å². The number of nitrogens with zero attached hydrogens (tertiary/aromatic N) is 2. The van der Waals surface area contributed by atoms with Crippen LogP contribution in [-0.4, -0.2) is 23.6 Å². The number of hydrogen-bond acceptors (Lipinski definition) is 5. The number of sulfonamides is 1. The number of nitrogens with one attached hydrogen (secondary N) is 1. The van der Waals surface area contributed by atoms with E-state index in [0.29, 0.717) is 5.69 Å². The molecule has 1 aromatic carbocycles. The maximum absolute atomic E-state index is 12.1. The Hall–Kier alpha value is -1.99. The lowest BCUT2D eigenvalue weighted by Gasteiger charge is -2.10. The van der Waals surface area contributed by atoms with Crippen molar-refractivity contribution < 1.29 is 8.42 Å². The maximum atomic E-state index is 12.1. The molecule has 1 aliphatic rings. The third kappa shape index (κ3) is 2.82. The molecule has 0 amide bonds. The van der Waals surface area contributed by atoms with Gasteiger partial charge in [-0.1, -0.05) is 11.3 Å². The van der Waals surface area contributed by atoms with Crippen LogP contribution in [0, 0.1) is 6.92 Å². The molecule has 0 unspecified atom stereocenters. The van der Waals surface area contributed by atoms with E-state index in [1.54, 1.807) is 6.20 Å². The molecule has 0 spiro atoms. The smallest absolute Gasteiger partial charge is 0.235 e. The van der Waals surface area contributed by atoms with Crippen LogP contribution >= 0.6 is 11.3 Å². The van der Waals surface area contributed by atoms with Gasteiger partial charge >= 0.3 is 0 Å². The summed E-state index contributed by atoms with van der Waals surface area (Å²) >= 11 is 1.53. The third-order valence-electron chi connectivity index (χ3n) is 3.86. The lowest BCUT2D eigenvalue weighted by Crippen LogP contribution is -2.17. The highest BCUT2D eigenvalue weighted by molar-refractivity contribution is 7.93. The van der Waals surface area contributed by atoms with Gasteiger partial charge in [-0.15, -0.1) is 0 Å². The van der Waals surface area contributed by atoms with Crippen molar-refractivity contribution in [3.8, 4) is 10.6 Å². The predicted molar refractivity (Wildman–Crippen MR) is 93.2 cm³/mol. The van der Waals surface area contributed by atoms with Gasteiger partial charge in [0.1, 0.15) is 15.4 Å². The number of pyridine rings is 1. The second kappa shape index (κ2) is 5.28. The zero-order valence-corrected chi connectivity index (χ0v) is 14.1. The van der Waals surface area contributed by atoms with Crippen LogP contribution in [0.4, 0.5) is 5.69 Å². The van der Waals surface area contributed by atoms with Crippen LogP contribution in [0.25, 0.3) is 20.9 Å². The molecule has 1 aliphatic carbocycles. The molecule has 1 fully saturated rings. The van der Waals surface area contributed by atoms with E-state index in [1.165, 1.54) is 11.3 Å². The number of hydrogen-bond donors (Lipinski definition) is 1. The molecule has 7 heteroatoms. The number of aryl methyl sites for hydroxylation is 1. The zero-order chi connectivity index (χ0) is 16.0. The fourth-order valence-corrected chi connectivity index (χ4v) is 4.78. The van der Waals surface area contributed by atoms with Crippen LogP contribution in [0.2, 0.25) is 0 Å². The normalized spacial score (nSPS) is 15.0. The summed E-state index contributed by atoms with van der Waals surface area (Å²) in [7, 11) is -3.23. The number of thiazole rings is 1. The van der Waals surface area contributed by atoms with Crippen LogP contribution < -0.4 is 4.72 Å². The van der Waals surface area contributed by atoms with E-state index in [4.69, 9.17) is 0 Å². The molecule has 0 radical (unpaired) electrons. The van der Waals surface area contributed by atoms with Crippen LogP contribution in [-0.2, 0) is 10.0 Å². The highest BCUT2D eigenvalue weighted by Crippen LogP contribution is 2.33. The quantitative estimate of drug-likeness (QED) is 0.784. The standard InChI is InChI=1S/C16H15N3O2S2/c1-10-9-11(15-18-14-3-2-8-17-16(14)22-15)4-7-13(10)19-23(20,21)12-5-6-12/h2-4,7-9,12,19H,5-6H2,1H3. The summed E-state index contributed by atoms with van der Waals surface area (Å²) in [5.41, 5.74) is 3.38. The Morgan fingerprint density at radius 3 is 2.78 bits per heavy atom. The minimum atomic E-state index is -3.23. The first kappa shape index (κ1) is 14.6. The average Bonchev–Trinajstić information content (AvgIpc) is 3.29. The highest BCUT2D eigenvalue weighted by atomic mass is 32.2. The van der Waals surface area contributed by atoms with Gasteiger partial charge in [-0.3, -0.25) is 4.72 Å². The van der Waals surface area contributed by atoms with E-state index in [9.17, 15) is 8.42 Å². The van der Waals surface area contributed by atoms with Gasteiger partial charge < -0.3 is 0 Å². The largest absolute Gasteiger partial charge is 0.283 e. The molecular formula is C16H15N3O2S2. The van der Waals surface area contributed by atoms with E-state index >= 15 is 0 Å². The van der Waals surface area contributed by atoms with Gasteiger partial charge in [-0.25, -0.2) is 18.4 Å². The topological polar surface area (TPSA) is 72.0 Å². The van der Waals surface area contributed by atoms with E-state index in [2.05, 4.69) is 14.7 Å². The monoisotopic (exact) mass is 345 g/mol. The summed E-state index contributed by atoms with van der Waals surface area (Å²) in [5.74, 6) is 0. The van der Waals surface area contributed by atoms with E-state index in [0.717, 1.165) is 39.3 Å². The Balaban J connectivity index is 1.67. The minimum absolute atomic E-state index is 0.225. The van der Waals surface area contributed by atoms with Crippen molar-refractivity contribution >= 4 is 37.4 Å². The summed E-state index contributed by atoms with van der Waals surface area (Å²) < 4.78 is 26.8. The number of rotatable bonds is 4. The van der Waals surface area contributed by atoms with E-state index in [1.807, 2.05) is 37.3 Å². The van der Waals surface area contributed by atoms with Gasteiger partial charge in [0.05, 0.1) is 10.9 Å². The Morgan fingerprint density at radius 2 is 2.09 bits per heavy atom. The van der Waals surface area contributed by atoms with Crippen molar-refractivity contribution in [2.75, 3.05) is 4.72 Å². The first-order chi connectivity index (χ1) is 11.0. The van der Waals surface area contributed by atoms with Gasteiger partial charge in [-0.05, 0) is 55.7 Å². The molecule has 1 saturated carbocycles. The number of anilines is 1. The fraction of sp³-hybridized carbons (Fsp3) is 0.250. The van der Waals surface area contributed by atoms with Crippen LogP contribution in [0.15, 0.2) is 36.5 Å². The van der Waals surface area contributed by atoms with Gasteiger partial charge in [0.2, 0.25) is 10.0 Å². The second-order valence-corrected chi connectivity index (χ2v) is 8.66. The van der Waals surface area contributed by atoms with E-state index in [-0.39, 0.29) is 5.25 Å². The predicted octanol–water partition coefficient (Wildman–Crippen LogP) is 3.57. The van der Waals surface area contributed by atoms with Crippen molar-refractivity contribution in [1.29, 1.82) is 0 Å². The first-order valence-corrected chi connectivity index (χ1v) is 9.73. The van der Waals surface area contributed by atoms with Crippen molar-refractivity contribution in [2.24, 2.45) is 0 Å². The molecule has 0 bridgehead atoms. The Labute approximate surface area is 138 Å². The van der Waals surface area contributed by atoms with Crippen LogP contribution in [0.1, 0.15) is 18.4 Å². The van der Waals surface area contributed by atoms with Gasteiger partial charge in [0.25, 0.3) is 0 Å². The van der Waals surface area contributed by atoms with Gasteiger partial charge in [0.15, 0.2) is 0 Å². The number of benzene rings is 1. The molecule has 0 atom stereocenters. The molecule has 2 heterocycles. The highest BCUT2D eigenvalue weighted by Gasteiger charge is 2.35. The molecule has 0 aliphatic heterocycles. The Kier molecular flexibility index (Phi) is 3.35. The lowest BCUT2D eigenvalue weighted by molar-refractivity contribution is 0.600. The zero-order valence-electron chi connectivity index (χ0n) is 12.5. The number of aromatic nitrogens is 2. The minimum Gasteiger partial charge on any atom is -0.283 e. The maximum Gasteiger partial charge on any atom is 0.235 e. The Morgan fingerprint density at radius 1 is 1.26 bits per heavy atom. The number of fused-ring (bicyclic) bond motifs is 1. The Bertz CT molecular complexity index is 958. The lowest BCUT2D eigenvalue weighted by atomic mass is 10.1. The molecule has 4 rings (SSSR count). The molecule has 2 aromatic heterocycles. The van der Waals surface area contributed by atoms with Crippen molar-refractivity contribution in [3.05, 3.63) is 42.1 Å². The van der Waals surface area contributed by atoms with Crippen LogP contribution in [0.3, 0.4) is 0 Å². The first-order valence-electron chi connectivity index (χ1n) is 7.37. The van der Waals surface area contributed by atoms with Crippen LogP contribution in [0.5, 0.6) is 0 Å². The SMILES string of the molecule is Cc1cc(-c2nc3cccnc3s2)ccc1NS(=O)(=O)C1CC1. The van der Waals surface area contributed by atoms with Crippen molar-refractivity contribution in [2.45, 2.75) is 25.0 Å². The van der Waals surface area contributed by atoms with E-state index < -0.39 is 10.0 Å². The summed E-state index contributed by atoms with van der Waals surface area (Å²) in [6.07, 6.45) is 3.27. The second-order valence-electron chi connectivity index (χ2n) is 5.72. The third-order valence-corrected chi connectivity index (χ3v) is 6.74. The molecule has 118 valence electrons. The average molecular weight is 345 g/mol.